The molecule has 0 radical (unpaired) electrons. The van der Waals surface area contributed by atoms with Crippen molar-refractivity contribution in [3.8, 4) is 0 Å². The van der Waals surface area contributed by atoms with Gasteiger partial charge < -0.3 is 0 Å². The second-order valence-electron chi connectivity index (χ2n) is 5.99. The second kappa shape index (κ2) is 6.36. The van der Waals surface area contributed by atoms with Gasteiger partial charge in [-0.05, 0) is 26.3 Å². The Hall–Kier alpha value is -1.31. The normalized spacial score (nSPS) is 15.8. The average molecular weight is 438 g/mol. The van der Waals surface area contributed by atoms with Gasteiger partial charge in [-0.25, -0.2) is 0 Å². The minimum atomic E-state index is -7.01. The highest BCUT2D eigenvalue weighted by Gasteiger charge is 2.76. The summed E-state index contributed by atoms with van der Waals surface area (Å²) in [6.07, 6.45) is -34.3. The van der Waals surface area contributed by atoms with Crippen LogP contribution in [0.1, 0.15) is 20.8 Å². The summed E-state index contributed by atoms with van der Waals surface area (Å²) in [5.41, 5.74) is -19.4. The molecule has 0 heterocycles. The lowest BCUT2D eigenvalue weighted by atomic mass is 9.65. The maximum absolute atomic E-state index is 13.0. The lowest BCUT2D eigenvalue weighted by Crippen LogP contribution is -2.56. The molecule has 162 valence electrons. The summed E-state index contributed by atoms with van der Waals surface area (Å²) in [6.45, 7) is -2.46. The Kier molecular flexibility index (Phi) is 6.05. The summed E-state index contributed by atoms with van der Waals surface area (Å²) in [6, 6.07) is 0. The van der Waals surface area contributed by atoms with Gasteiger partial charge in [-0.1, -0.05) is 0 Å². The largest absolute Gasteiger partial charge is 0.421 e. The summed E-state index contributed by atoms with van der Waals surface area (Å²) in [7, 11) is 0. The predicted octanol–water partition coefficient (Wildman–Crippen LogP) is 7.13. The molecule has 0 atom stereocenters. The molecule has 0 aromatic rings. The molecule has 0 rings (SSSR count). The van der Waals surface area contributed by atoms with E-state index in [4.69, 9.17) is 0 Å². The van der Waals surface area contributed by atoms with Gasteiger partial charge in [0.15, 0.2) is 5.41 Å². The molecule has 0 amide bonds. The third-order valence-corrected chi connectivity index (χ3v) is 3.78. The molecule has 0 saturated heterocycles. The van der Waals surface area contributed by atoms with E-state index in [1.54, 1.807) is 0 Å². The van der Waals surface area contributed by atoms with Gasteiger partial charge in [0, 0.05) is 0 Å². The van der Waals surface area contributed by atoms with Crippen LogP contribution in [0.5, 0.6) is 0 Å². The van der Waals surface area contributed by atoms with E-state index in [2.05, 4.69) is 0 Å². The van der Waals surface area contributed by atoms with Crippen molar-refractivity contribution in [3.05, 3.63) is 11.1 Å². The van der Waals surface area contributed by atoms with Crippen molar-refractivity contribution in [1.82, 2.24) is 0 Å². The molecular weight excluding hydrogens is 429 g/mol. The monoisotopic (exact) mass is 438 g/mol. The maximum atomic E-state index is 13.0. The topological polar surface area (TPSA) is 0 Å². The molecule has 0 saturated carbocycles. The van der Waals surface area contributed by atoms with Crippen LogP contribution in [0, 0.1) is 10.8 Å². The lowest BCUT2D eigenvalue weighted by molar-refractivity contribution is -0.331. The van der Waals surface area contributed by atoms with E-state index in [1.165, 1.54) is 0 Å². The predicted molar refractivity (Wildman–Crippen MR) is 59.2 cm³/mol. The minimum absolute atomic E-state index is 0.629. The van der Waals surface area contributed by atoms with E-state index in [1.807, 2.05) is 0 Å². The summed E-state index contributed by atoms with van der Waals surface area (Å²) in [4.78, 5) is 0. The molecule has 0 nitrogen and oxygen atoms in total. The number of hydrogen-bond donors (Lipinski definition) is 0. The molecule has 0 aromatic carbocycles. The summed E-state index contributed by atoms with van der Waals surface area (Å²) in [5, 5.41) is 0. The Labute approximate surface area is 141 Å². The van der Waals surface area contributed by atoms with Crippen LogP contribution >= 0.6 is 0 Å². The highest BCUT2D eigenvalue weighted by molar-refractivity contribution is 5.37. The van der Waals surface area contributed by atoms with Gasteiger partial charge in [0.2, 0.25) is 0 Å². The van der Waals surface area contributed by atoms with E-state index in [-0.39, 0.29) is 0 Å². The molecule has 0 aliphatic rings. The van der Waals surface area contributed by atoms with Crippen molar-refractivity contribution in [3.63, 3.8) is 0 Å². The van der Waals surface area contributed by atoms with Crippen molar-refractivity contribution in [2.45, 2.75) is 51.7 Å². The Morgan fingerprint density at radius 2 is 0.667 bits per heavy atom. The Morgan fingerprint density at radius 3 is 0.815 bits per heavy atom. The van der Waals surface area contributed by atoms with Crippen LogP contribution in [0.4, 0.5) is 65.9 Å². The van der Waals surface area contributed by atoms with E-state index in [0.717, 1.165) is 0 Å². The first kappa shape index (κ1) is 25.7. The van der Waals surface area contributed by atoms with Crippen molar-refractivity contribution in [2.24, 2.45) is 10.8 Å². The molecule has 15 heteroatoms. The highest BCUT2D eigenvalue weighted by Crippen LogP contribution is 2.64. The molecule has 0 unspecified atom stereocenters. The molecular formula is C12H9F15. The van der Waals surface area contributed by atoms with Gasteiger partial charge >= 0.3 is 30.9 Å². The van der Waals surface area contributed by atoms with Crippen molar-refractivity contribution in [2.75, 3.05) is 0 Å². The molecule has 0 aliphatic carbocycles. The summed E-state index contributed by atoms with van der Waals surface area (Å²) < 4.78 is 194. The van der Waals surface area contributed by atoms with Crippen molar-refractivity contribution in [1.29, 1.82) is 0 Å². The van der Waals surface area contributed by atoms with Gasteiger partial charge in [-0.15, -0.1) is 0 Å². The van der Waals surface area contributed by atoms with Crippen LogP contribution in [0.15, 0.2) is 11.1 Å². The number of alkyl halides is 15. The Balaban J connectivity index is 7.91. The van der Waals surface area contributed by atoms with Crippen LogP contribution in [-0.4, -0.2) is 30.9 Å². The molecule has 0 N–H and O–H groups in total. The van der Waals surface area contributed by atoms with Crippen LogP contribution in [-0.2, 0) is 0 Å². The number of allylic oxidation sites excluding steroid dienone is 2. The lowest BCUT2D eigenvalue weighted by Gasteiger charge is -2.45. The van der Waals surface area contributed by atoms with Gasteiger partial charge in [0.05, 0.1) is 5.41 Å². The first-order chi connectivity index (χ1) is 11.2. The highest BCUT2D eigenvalue weighted by atomic mass is 19.4. The van der Waals surface area contributed by atoms with Crippen molar-refractivity contribution >= 4 is 0 Å². The Bertz CT molecular complexity index is 542. The minimum Gasteiger partial charge on any atom is -0.170 e. The van der Waals surface area contributed by atoms with Crippen LogP contribution in [0.2, 0.25) is 0 Å². The SMILES string of the molecule is CC(C)(C(=C(C(F)(F)F)C(F)(F)F)C(C)(C(F)(F)F)C(F)(F)F)C(F)(F)F. The zero-order valence-electron chi connectivity index (χ0n) is 13.2. The van der Waals surface area contributed by atoms with E-state index < -0.39 is 73.6 Å². The third kappa shape index (κ3) is 4.41. The smallest absolute Gasteiger partial charge is 0.170 e. The fourth-order valence-corrected chi connectivity index (χ4v) is 2.22. The molecule has 27 heavy (non-hydrogen) atoms. The summed E-state index contributed by atoms with van der Waals surface area (Å²) >= 11 is 0. The number of hydrogen-bond acceptors (Lipinski definition) is 0. The zero-order chi connectivity index (χ0) is 22.7. The number of rotatable bonds is 2. The fraction of sp³-hybridized carbons (Fsp3) is 0.833. The van der Waals surface area contributed by atoms with Crippen molar-refractivity contribution < 1.29 is 65.9 Å². The van der Waals surface area contributed by atoms with Gasteiger partial charge in [-0.3, -0.25) is 0 Å². The van der Waals surface area contributed by atoms with Gasteiger partial charge in [0.1, 0.15) is 5.57 Å². The van der Waals surface area contributed by atoms with E-state index in [9.17, 15) is 65.9 Å². The molecule has 0 aromatic heterocycles. The molecule has 0 aliphatic heterocycles. The number of halogens is 15. The quantitative estimate of drug-likeness (QED) is 0.318. The molecule has 0 bridgehead atoms. The first-order valence-electron chi connectivity index (χ1n) is 6.33. The third-order valence-electron chi connectivity index (χ3n) is 3.78. The van der Waals surface area contributed by atoms with Gasteiger partial charge in [0.25, 0.3) is 0 Å². The van der Waals surface area contributed by atoms with Crippen LogP contribution < -0.4 is 0 Å². The standard InChI is InChI=1S/C12H9F15/c1-6(2,10(19,20)21)4(5(8(13,14)15)9(16,17)18)7(3,11(22,23)24)12(25,26)27/h1-3H3. The average Bonchev–Trinajstić information content (AvgIpc) is 2.26. The second-order valence-corrected chi connectivity index (χ2v) is 5.99. The maximum Gasteiger partial charge on any atom is 0.421 e. The summed E-state index contributed by atoms with van der Waals surface area (Å²) in [5.74, 6) is 0. The van der Waals surface area contributed by atoms with E-state index in [0.29, 0.717) is 0 Å². The fourth-order valence-electron chi connectivity index (χ4n) is 2.22. The van der Waals surface area contributed by atoms with Crippen LogP contribution in [0.25, 0.3) is 0 Å². The zero-order valence-corrected chi connectivity index (χ0v) is 13.2. The first-order valence-corrected chi connectivity index (χ1v) is 6.33. The van der Waals surface area contributed by atoms with Crippen LogP contribution in [0.3, 0.4) is 0 Å². The molecule has 0 spiro atoms. The Morgan fingerprint density at radius 1 is 0.407 bits per heavy atom. The van der Waals surface area contributed by atoms with Gasteiger partial charge in [-0.2, -0.15) is 65.9 Å². The molecule has 0 fully saturated rings. The van der Waals surface area contributed by atoms with E-state index >= 15 is 0 Å².